The molecule has 33 heavy (non-hydrogen) atoms. The molecule has 0 spiro atoms. The number of fused-ring (bicyclic) bond motifs is 2. The smallest absolute Gasteiger partial charge is 0.358 e. The lowest BCUT2D eigenvalue weighted by atomic mass is 10.2. The minimum atomic E-state index is -4.46. The van der Waals surface area contributed by atoms with Crippen molar-refractivity contribution >= 4 is 28.0 Å². The van der Waals surface area contributed by atoms with Crippen LogP contribution in [0.4, 0.5) is 13.2 Å². The van der Waals surface area contributed by atoms with Crippen molar-refractivity contribution in [3.63, 3.8) is 0 Å². The van der Waals surface area contributed by atoms with Crippen LogP contribution in [-0.4, -0.2) is 35.6 Å². The number of halogens is 3. The maximum atomic E-state index is 12.9. The highest BCUT2D eigenvalue weighted by atomic mass is 19.4. The molecule has 1 atom stereocenters. The molecule has 0 aliphatic heterocycles. The van der Waals surface area contributed by atoms with Crippen LogP contribution in [0, 0.1) is 0 Å². The third-order valence-electron chi connectivity index (χ3n) is 5.23. The van der Waals surface area contributed by atoms with E-state index in [4.69, 9.17) is 4.52 Å². The first-order valence-electron chi connectivity index (χ1n) is 9.81. The Kier molecular flexibility index (Phi) is 4.65. The molecule has 1 aromatic carbocycles. The normalized spacial score (nSPS) is 13.0. The van der Waals surface area contributed by atoms with Gasteiger partial charge >= 0.3 is 6.18 Å². The fraction of sp³-hybridized carbons (Fsp3) is 0.190. The van der Waals surface area contributed by atoms with Crippen LogP contribution in [0.2, 0.25) is 0 Å². The van der Waals surface area contributed by atoms with Crippen molar-refractivity contribution < 1.29 is 22.5 Å². The fourth-order valence-corrected chi connectivity index (χ4v) is 3.51. The lowest BCUT2D eigenvalue weighted by Crippen LogP contribution is -2.27. The summed E-state index contributed by atoms with van der Waals surface area (Å²) in [7, 11) is 1.82. The minimum absolute atomic E-state index is 0.223. The Morgan fingerprint density at radius 3 is 2.82 bits per heavy atom. The van der Waals surface area contributed by atoms with Crippen molar-refractivity contribution in [3.05, 3.63) is 59.9 Å². The predicted octanol–water partition coefficient (Wildman–Crippen LogP) is 4.01. The minimum Gasteiger partial charge on any atom is -0.358 e. The van der Waals surface area contributed by atoms with Gasteiger partial charge in [0, 0.05) is 19.3 Å². The summed E-state index contributed by atoms with van der Waals surface area (Å²) in [5.41, 5.74) is 0.956. The molecular weight excluding hydrogens is 439 g/mol. The standard InChI is InChI=1S/C21H16F3N7O2/c1-10(27-20(32)17-12-5-6-31(2)19(12)26-9-25-17)16-8-15(30-33-16)18-28-13-4-3-11(21(22,23)24)7-14(13)29-18/h3-10H,1-2H3,(H,27,32)(H,28,29)/t10-/m0/s1. The number of nitrogens with zero attached hydrogens (tertiary/aromatic N) is 5. The molecule has 9 nitrogen and oxygen atoms in total. The zero-order valence-corrected chi connectivity index (χ0v) is 17.3. The number of carbonyl (C=O) groups excluding carboxylic acids is 1. The molecule has 4 aromatic heterocycles. The number of hydrogen-bond acceptors (Lipinski definition) is 6. The first-order chi connectivity index (χ1) is 15.7. The van der Waals surface area contributed by atoms with Gasteiger partial charge in [0.15, 0.2) is 11.6 Å². The van der Waals surface area contributed by atoms with Crippen LogP contribution in [0.1, 0.15) is 34.8 Å². The predicted molar refractivity (Wildman–Crippen MR) is 111 cm³/mol. The van der Waals surface area contributed by atoms with Crippen LogP contribution in [0.5, 0.6) is 0 Å². The van der Waals surface area contributed by atoms with Gasteiger partial charge in [0.1, 0.15) is 23.4 Å². The molecule has 1 amide bonds. The molecule has 5 aromatic rings. The SMILES string of the molecule is C[C@H](NC(=O)c1ncnc2c1ccn2C)c1cc(-c2nc3ccc(C(F)(F)F)cc3[nH]2)no1. The van der Waals surface area contributed by atoms with Gasteiger partial charge in [-0.25, -0.2) is 15.0 Å². The van der Waals surface area contributed by atoms with Crippen molar-refractivity contribution in [1.82, 2.24) is 35.0 Å². The summed E-state index contributed by atoms with van der Waals surface area (Å²) in [6.07, 6.45) is -1.35. The highest BCUT2D eigenvalue weighted by Crippen LogP contribution is 2.32. The molecule has 2 N–H and O–H groups in total. The van der Waals surface area contributed by atoms with Gasteiger partial charge in [0.25, 0.3) is 5.91 Å². The Labute approximate surface area is 183 Å². The van der Waals surface area contributed by atoms with Crippen molar-refractivity contribution in [1.29, 1.82) is 0 Å². The maximum Gasteiger partial charge on any atom is 0.416 e. The Morgan fingerprint density at radius 1 is 1.21 bits per heavy atom. The number of benzene rings is 1. The first kappa shape index (κ1) is 20.7. The molecule has 4 heterocycles. The third-order valence-corrected chi connectivity index (χ3v) is 5.23. The molecule has 12 heteroatoms. The van der Waals surface area contributed by atoms with Crippen molar-refractivity contribution in [2.75, 3.05) is 0 Å². The van der Waals surface area contributed by atoms with E-state index >= 15 is 0 Å². The highest BCUT2D eigenvalue weighted by molar-refractivity contribution is 6.03. The van der Waals surface area contributed by atoms with E-state index in [1.807, 2.05) is 7.05 Å². The molecule has 168 valence electrons. The number of carbonyl (C=O) groups is 1. The van der Waals surface area contributed by atoms with Gasteiger partial charge in [0.05, 0.1) is 28.0 Å². The zero-order valence-electron chi connectivity index (χ0n) is 17.3. The van der Waals surface area contributed by atoms with E-state index in [2.05, 4.69) is 30.4 Å². The number of aryl methyl sites for hydroxylation is 1. The van der Waals surface area contributed by atoms with E-state index in [-0.39, 0.29) is 17.0 Å². The average molecular weight is 455 g/mol. The second-order valence-electron chi connectivity index (χ2n) is 7.51. The highest BCUT2D eigenvalue weighted by Gasteiger charge is 2.31. The van der Waals surface area contributed by atoms with Gasteiger partial charge in [-0.1, -0.05) is 5.16 Å². The molecule has 0 saturated heterocycles. The van der Waals surface area contributed by atoms with Gasteiger partial charge in [-0.15, -0.1) is 0 Å². The molecule has 0 bridgehead atoms. The van der Waals surface area contributed by atoms with E-state index in [9.17, 15) is 18.0 Å². The van der Waals surface area contributed by atoms with Crippen molar-refractivity contribution in [3.8, 4) is 11.5 Å². The van der Waals surface area contributed by atoms with Crippen molar-refractivity contribution in [2.45, 2.75) is 19.1 Å². The van der Waals surface area contributed by atoms with Gasteiger partial charge in [0.2, 0.25) is 0 Å². The van der Waals surface area contributed by atoms with Crippen LogP contribution in [0.3, 0.4) is 0 Å². The Balaban J connectivity index is 1.37. The van der Waals surface area contributed by atoms with E-state index in [1.165, 1.54) is 12.4 Å². The second kappa shape index (κ2) is 7.43. The summed E-state index contributed by atoms with van der Waals surface area (Å²) in [6, 6.07) is 6.00. The lowest BCUT2D eigenvalue weighted by Gasteiger charge is -2.10. The van der Waals surface area contributed by atoms with E-state index in [0.29, 0.717) is 28.0 Å². The van der Waals surface area contributed by atoms with Crippen LogP contribution >= 0.6 is 0 Å². The number of amides is 1. The summed E-state index contributed by atoms with van der Waals surface area (Å²) in [5.74, 6) is 0.176. The third kappa shape index (κ3) is 3.69. The van der Waals surface area contributed by atoms with Crippen LogP contribution < -0.4 is 5.32 Å². The summed E-state index contributed by atoms with van der Waals surface area (Å²) in [4.78, 5) is 28.1. The number of aromatic nitrogens is 6. The number of imidazole rings is 1. The van der Waals surface area contributed by atoms with Gasteiger partial charge < -0.3 is 19.4 Å². The molecule has 5 rings (SSSR count). The lowest BCUT2D eigenvalue weighted by molar-refractivity contribution is -0.137. The molecule has 0 unspecified atom stereocenters. The fourth-order valence-electron chi connectivity index (χ4n) is 3.51. The molecular formula is C21H16F3N7O2. The van der Waals surface area contributed by atoms with Crippen molar-refractivity contribution in [2.24, 2.45) is 7.05 Å². The Morgan fingerprint density at radius 2 is 2.03 bits per heavy atom. The molecule has 0 radical (unpaired) electrons. The molecule has 0 saturated carbocycles. The number of alkyl halides is 3. The van der Waals surface area contributed by atoms with Crippen LogP contribution in [0.25, 0.3) is 33.6 Å². The summed E-state index contributed by atoms with van der Waals surface area (Å²) in [6.45, 7) is 1.71. The van der Waals surface area contributed by atoms with Crippen LogP contribution in [0.15, 0.2) is 47.4 Å². The number of rotatable bonds is 4. The molecule has 0 aliphatic carbocycles. The summed E-state index contributed by atoms with van der Waals surface area (Å²) < 4.78 is 46.0. The van der Waals surface area contributed by atoms with Gasteiger partial charge in [-0.2, -0.15) is 13.2 Å². The van der Waals surface area contributed by atoms with E-state index in [0.717, 1.165) is 12.1 Å². The maximum absolute atomic E-state index is 12.9. The Hall–Kier alpha value is -4.22. The zero-order chi connectivity index (χ0) is 23.3. The van der Waals surface area contributed by atoms with E-state index < -0.39 is 23.7 Å². The number of hydrogen-bond donors (Lipinski definition) is 2. The number of aromatic amines is 1. The van der Waals surface area contributed by atoms with Gasteiger partial charge in [-0.05, 0) is 31.2 Å². The molecule has 0 fully saturated rings. The average Bonchev–Trinajstić information content (AvgIpc) is 3.50. The monoisotopic (exact) mass is 455 g/mol. The van der Waals surface area contributed by atoms with Crippen LogP contribution in [-0.2, 0) is 13.2 Å². The molecule has 0 aliphatic rings. The Bertz CT molecular complexity index is 1500. The quantitative estimate of drug-likeness (QED) is 0.423. The summed E-state index contributed by atoms with van der Waals surface area (Å²) in [5, 5.41) is 7.35. The topological polar surface area (TPSA) is 115 Å². The largest absolute Gasteiger partial charge is 0.416 e. The number of nitrogens with one attached hydrogen (secondary N) is 2. The number of H-pyrrole nitrogens is 1. The van der Waals surface area contributed by atoms with Gasteiger partial charge in [-0.3, -0.25) is 4.79 Å². The van der Waals surface area contributed by atoms with E-state index in [1.54, 1.807) is 29.8 Å². The summed E-state index contributed by atoms with van der Waals surface area (Å²) >= 11 is 0. The first-order valence-corrected chi connectivity index (χ1v) is 9.81. The second-order valence-corrected chi connectivity index (χ2v) is 7.51.